The van der Waals surface area contributed by atoms with Crippen molar-refractivity contribution in [2.24, 2.45) is 0 Å². The fourth-order valence-corrected chi connectivity index (χ4v) is 2.50. The number of hydrogen-bond donors (Lipinski definition) is 1. The summed E-state index contributed by atoms with van der Waals surface area (Å²) in [5.41, 5.74) is 0.495. The largest absolute Gasteiger partial charge is 0.435 e. The molecule has 1 aromatic carbocycles. The highest BCUT2D eigenvalue weighted by Gasteiger charge is 2.28. The van der Waals surface area contributed by atoms with Crippen molar-refractivity contribution in [3.63, 3.8) is 0 Å². The first-order valence-electron chi connectivity index (χ1n) is 6.62. The summed E-state index contributed by atoms with van der Waals surface area (Å²) in [6.45, 7) is -1.35. The minimum Gasteiger partial charge on any atom is -0.435 e. The second-order valence-corrected chi connectivity index (χ2v) is 4.76. The summed E-state index contributed by atoms with van der Waals surface area (Å²) in [4.78, 5) is 14.2. The van der Waals surface area contributed by atoms with Crippen molar-refractivity contribution >= 4 is 18.3 Å². The van der Waals surface area contributed by atoms with Gasteiger partial charge in [-0.25, -0.2) is 0 Å². The number of carbonyl (C=O) groups excluding carboxylic acids is 1. The van der Waals surface area contributed by atoms with Gasteiger partial charge >= 0.3 is 6.61 Å². The molecule has 0 aromatic heterocycles. The lowest BCUT2D eigenvalue weighted by molar-refractivity contribution is -0.0498. The molecule has 1 unspecified atom stereocenters. The molecule has 1 aliphatic rings. The summed E-state index contributed by atoms with van der Waals surface area (Å²) in [7, 11) is 1.86. The first-order chi connectivity index (χ1) is 9.61. The average Bonchev–Trinajstić information content (AvgIpc) is 2.87. The molecule has 1 atom stereocenters. The molecule has 2 rings (SSSR count). The smallest absolute Gasteiger partial charge is 0.387 e. The van der Waals surface area contributed by atoms with E-state index >= 15 is 0 Å². The van der Waals surface area contributed by atoms with Crippen LogP contribution in [0.25, 0.3) is 0 Å². The molecule has 4 nitrogen and oxygen atoms in total. The van der Waals surface area contributed by atoms with Crippen molar-refractivity contribution in [1.82, 2.24) is 10.2 Å². The molecular formula is C14H19ClF2N2O2. The maximum Gasteiger partial charge on any atom is 0.387 e. The van der Waals surface area contributed by atoms with Crippen LogP contribution in [-0.4, -0.2) is 43.6 Å². The van der Waals surface area contributed by atoms with Crippen molar-refractivity contribution in [3.05, 3.63) is 29.8 Å². The minimum absolute atomic E-state index is 0. The number of carbonyl (C=O) groups is 1. The van der Waals surface area contributed by atoms with E-state index in [1.807, 2.05) is 11.9 Å². The van der Waals surface area contributed by atoms with Crippen LogP contribution in [0, 0.1) is 0 Å². The Morgan fingerprint density at radius 3 is 2.67 bits per heavy atom. The third-order valence-corrected chi connectivity index (χ3v) is 3.40. The highest BCUT2D eigenvalue weighted by molar-refractivity contribution is 5.94. The van der Waals surface area contributed by atoms with Gasteiger partial charge in [0.05, 0.1) is 0 Å². The second kappa shape index (κ2) is 8.14. The Balaban J connectivity index is 0.00000220. The van der Waals surface area contributed by atoms with Crippen molar-refractivity contribution in [2.45, 2.75) is 25.5 Å². The molecule has 0 saturated carbocycles. The SMILES string of the molecule is CNCC1CCCN1C(=O)c1ccc(OC(F)F)cc1.Cl. The molecular weight excluding hydrogens is 302 g/mol. The van der Waals surface area contributed by atoms with E-state index < -0.39 is 6.61 Å². The van der Waals surface area contributed by atoms with Crippen LogP contribution in [0.15, 0.2) is 24.3 Å². The molecule has 1 N–H and O–H groups in total. The summed E-state index contributed by atoms with van der Waals surface area (Å²) in [6, 6.07) is 6.03. The van der Waals surface area contributed by atoms with Crippen LogP contribution in [-0.2, 0) is 0 Å². The Bertz CT molecular complexity index is 457. The summed E-state index contributed by atoms with van der Waals surface area (Å²) < 4.78 is 28.4. The third-order valence-electron chi connectivity index (χ3n) is 3.40. The Morgan fingerprint density at radius 1 is 1.43 bits per heavy atom. The van der Waals surface area contributed by atoms with Crippen molar-refractivity contribution < 1.29 is 18.3 Å². The Hall–Kier alpha value is -1.40. The molecule has 1 aliphatic heterocycles. The fraction of sp³-hybridized carbons (Fsp3) is 0.500. The molecule has 0 spiro atoms. The molecule has 0 aliphatic carbocycles. The van der Waals surface area contributed by atoms with Crippen LogP contribution >= 0.6 is 12.4 Å². The number of hydrogen-bond acceptors (Lipinski definition) is 3. The monoisotopic (exact) mass is 320 g/mol. The first kappa shape index (κ1) is 17.7. The molecule has 1 fully saturated rings. The van der Waals surface area contributed by atoms with Crippen LogP contribution in [0.3, 0.4) is 0 Å². The molecule has 7 heteroatoms. The van der Waals surface area contributed by atoms with Gasteiger partial charge in [0.1, 0.15) is 5.75 Å². The van der Waals surface area contributed by atoms with Crippen LogP contribution in [0.4, 0.5) is 8.78 Å². The Kier molecular flexibility index (Phi) is 6.84. The van der Waals surface area contributed by atoms with Gasteiger partial charge < -0.3 is 15.0 Å². The first-order valence-corrected chi connectivity index (χ1v) is 6.62. The van der Waals surface area contributed by atoms with Crippen molar-refractivity contribution in [1.29, 1.82) is 0 Å². The predicted octanol–water partition coefficient (Wildman–Crippen LogP) is 2.53. The summed E-state index contributed by atoms with van der Waals surface area (Å²) in [5.74, 6) is -0.00362. The van der Waals surface area contributed by atoms with Gasteiger partial charge in [-0.15, -0.1) is 12.4 Å². The van der Waals surface area contributed by atoms with Gasteiger partial charge in [0.2, 0.25) is 0 Å². The lowest BCUT2D eigenvalue weighted by Gasteiger charge is -2.24. The van der Waals surface area contributed by atoms with E-state index in [4.69, 9.17) is 0 Å². The van der Waals surface area contributed by atoms with Gasteiger partial charge in [-0.2, -0.15) is 8.78 Å². The van der Waals surface area contributed by atoms with Crippen molar-refractivity contribution in [2.75, 3.05) is 20.1 Å². The molecule has 1 aromatic rings. The number of likely N-dealkylation sites (N-methyl/N-ethyl adjacent to an activating group) is 1. The second-order valence-electron chi connectivity index (χ2n) is 4.76. The number of ether oxygens (including phenoxy) is 1. The number of likely N-dealkylation sites (tertiary alicyclic amines) is 1. The summed E-state index contributed by atoms with van der Waals surface area (Å²) >= 11 is 0. The van der Waals surface area contributed by atoms with Crippen molar-refractivity contribution in [3.8, 4) is 5.75 Å². The van der Waals surface area contributed by atoms with Gasteiger partial charge in [-0.1, -0.05) is 0 Å². The zero-order valence-corrected chi connectivity index (χ0v) is 12.5. The number of alkyl halides is 2. The molecule has 1 heterocycles. The third kappa shape index (κ3) is 4.54. The molecule has 1 amide bonds. The van der Waals surface area contributed by atoms with E-state index in [9.17, 15) is 13.6 Å². The number of halogens is 3. The number of benzene rings is 1. The van der Waals surface area contributed by atoms with E-state index in [2.05, 4.69) is 10.1 Å². The maximum atomic E-state index is 12.4. The summed E-state index contributed by atoms with van der Waals surface area (Å²) in [6.07, 6.45) is 1.98. The quantitative estimate of drug-likeness (QED) is 0.906. The average molecular weight is 321 g/mol. The van der Waals surface area contributed by atoms with E-state index in [-0.39, 0.29) is 30.1 Å². The highest BCUT2D eigenvalue weighted by Crippen LogP contribution is 2.21. The maximum absolute atomic E-state index is 12.4. The fourth-order valence-electron chi connectivity index (χ4n) is 2.50. The lowest BCUT2D eigenvalue weighted by Crippen LogP contribution is -2.40. The number of amides is 1. The molecule has 21 heavy (non-hydrogen) atoms. The highest BCUT2D eigenvalue weighted by atomic mass is 35.5. The van der Waals surface area contributed by atoms with Gasteiger partial charge in [0.25, 0.3) is 5.91 Å². The van der Waals surface area contributed by atoms with Crippen LogP contribution in [0.5, 0.6) is 5.75 Å². The molecule has 1 saturated heterocycles. The van der Waals surface area contributed by atoms with Crippen LogP contribution < -0.4 is 10.1 Å². The van der Waals surface area contributed by atoms with E-state index in [0.29, 0.717) is 5.56 Å². The minimum atomic E-state index is -2.85. The summed E-state index contributed by atoms with van der Waals surface area (Å²) in [5, 5.41) is 3.08. The van der Waals surface area contributed by atoms with E-state index in [1.165, 1.54) is 24.3 Å². The normalized spacial score (nSPS) is 17.7. The predicted molar refractivity (Wildman–Crippen MR) is 78.3 cm³/mol. The Labute approximate surface area is 128 Å². The zero-order valence-electron chi connectivity index (χ0n) is 11.7. The zero-order chi connectivity index (χ0) is 14.5. The standard InChI is InChI=1S/C14H18F2N2O2.ClH/c1-17-9-11-3-2-8-18(11)13(19)10-4-6-12(7-5-10)20-14(15)16;/h4-7,11,14,17H,2-3,8-9H2,1H3;1H. The number of nitrogens with zero attached hydrogens (tertiary/aromatic N) is 1. The van der Waals surface area contributed by atoms with Gasteiger partial charge in [-0.3, -0.25) is 4.79 Å². The topological polar surface area (TPSA) is 41.6 Å². The lowest BCUT2D eigenvalue weighted by atomic mass is 10.1. The van der Waals surface area contributed by atoms with Crippen LogP contribution in [0.1, 0.15) is 23.2 Å². The van der Waals surface area contributed by atoms with E-state index in [1.54, 1.807) is 0 Å². The van der Waals surface area contributed by atoms with Gasteiger partial charge in [0.15, 0.2) is 0 Å². The number of rotatable bonds is 5. The van der Waals surface area contributed by atoms with Gasteiger partial charge in [-0.05, 0) is 44.2 Å². The number of nitrogens with one attached hydrogen (secondary N) is 1. The van der Waals surface area contributed by atoms with Crippen LogP contribution in [0.2, 0.25) is 0 Å². The van der Waals surface area contributed by atoms with Gasteiger partial charge in [0, 0.05) is 24.7 Å². The molecule has 0 bridgehead atoms. The Morgan fingerprint density at radius 2 is 2.10 bits per heavy atom. The molecule has 118 valence electrons. The molecule has 0 radical (unpaired) electrons. The van der Waals surface area contributed by atoms with E-state index in [0.717, 1.165) is 25.9 Å².